The molecule has 0 aliphatic rings. The molecule has 0 atom stereocenters. The topological polar surface area (TPSA) is 52.7 Å². The van der Waals surface area contributed by atoms with Crippen molar-refractivity contribution < 1.29 is 9.59 Å². The molecule has 0 aromatic heterocycles. The Hall–Kier alpha value is -1.88. The zero-order valence-electron chi connectivity index (χ0n) is 12.6. The van der Waals surface area contributed by atoms with Crippen molar-refractivity contribution in [3.8, 4) is 0 Å². The zero-order chi connectivity index (χ0) is 15.1. The number of benzene rings is 1. The summed E-state index contributed by atoms with van der Waals surface area (Å²) in [4.78, 5) is 27.0. The van der Waals surface area contributed by atoms with Gasteiger partial charge in [0.2, 0.25) is 11.8 Å². The van der Waals surface area contributed by atoms with Gasteiger partial charge in [-0.15, -0.1) is 0 Å². The zero-order valence-corrected chi connectivity index (χ0v) is 12.6. The van der Waals surface area contributed by atoms with E-state index in [4.69, 9.17) is 0 Å². The Morgan fingerprint density at radius 1 is 1.15 bits per heavy atom. The van der Waals surface area contributed by atoms with Crippen LogP contribution in [-0.2, 0) is 9.59 Å². The summed E-state index contributed by atoms with van der Waals surface area (Å²) in [5, 5.41) is 2.81. The van der Waals surface area contributed by atoms with Crippen molar-refractivity contribution in [3.63, 3.8) is 0 Å². The number of aryl methyl sites for hydroxylation is 1. The molecule has 0 unspecified atom stereocenters. The Kier molecular flexibility index (Phi) is 6.18. The maximum absolute atomic E-state index is 11.9. The summed E-state index contributed by atoms with van der Waals surface area (Å²) < 4.78 is 0. The van der Waals surface area contributed by atoms with Crippen LogP contribution in [0.1, 0.15) is 12.5 Å². The molecule has 0 radical (unpaired) electrons. The summed E-state index contributed by atoms with van der Waals surface area (Å²) in [7, 11) is 3.89. The third kappa shape index (κ3) is 5.40. The van der Waals surface area contributed by atoms with Gasteiger partial charge in [-0.1, -0.05) is 17.7 Å². The first-order valence-electron chi connectivity index (χ1n) is 6.66. The lowest BCUT2D eigenvalue weighted by atomic mass is 10.2. The number of anilines is 1. The molecule has 0 heterocycles. The van der Waals surface area contributed by atoms with Crippen molar-refractivity contribution in [2.24, 2.45) is 0 Å². The van der Waals surface area contributed by atoms with E-state index < -0.39 is 0 Å². The molecule has 0 aliphatic carbocycles. The Morgan fingerprint density at radius 2 is 1.75 bits per heavy atom. The first kappa shape index (κ1) is 16.2. The molecular weight excluding hydrogens is 254 g/mol. The Balaban J connectivity index is 2.61. The second kappa shape index (κ2) is 7.65. The molecule has 0 fully saturated rings. The molecule has 0 aliphatic heterocycles. The average Bonchev–Trinajstić information content (AvgIpc) is 2.36. The van der Waals surface area contributed by atoms with E-state index in [0.29, 0.717) is 6.54 Å². The van der Waals surface area contributed by atoms with Crippen molar-refractivity contribution in [1.29, 1.82) is 0 Å². The van der Waals surface area contributed by atoms with E-state index in [-0.39, 0.29) is 18.4 Å². The minimum absolute atomic E-state index is 0.0474. The van der Waals surface area contributed by atoms with Crippen molar-refractivity contribution >= 4 is 17.5 Å². The van der Waals surface area contributed by atoms with Gasteiger partial charge in [0, 0.05) is 25.7 Å². The fraction of sp³-hybridized carbons (Fsp3) is 0.467. The molecule has 0 saturated heterocycles. The number of hydrogen-bond acceptors (Lipinski definition) is 3. The SMILES string of the molecule is CC(=O)N(CC(=O)NCCN(C)C)c1ccc(C)cc1. The predicted octanol–water partition coefficient (Wildman–Crippen LogP) is 1.03. The van der Waals surface area contributed by atoms with E-state index in [1.165, 1.54) is 11.8 Å². The normalized spacial score (nSPS) is 10.4. The Labute approximate surface area is 120 Å². The summed E-state index contributed by atoms with van der Waals surface area (Å²) in [5.41, 5.74) is 1.86. The first-order chi connectivity index (χ1) is 9.40. The molecule has 110 valence electrons. The molecule has 0 bridgehead atoms. The summed E-state index contributed by atoms with van der Waals surface area (Å²) in [5.74, 6) is -0.292. The van der Waals surface area contributed by atoms with E-state index >= 15 is 0 Å². The van der Waals surface area contributed by atoms with Gasteiger partial charge in [0.05, 0.1) is 0 Å². The van der Waals surface area contributed by atoms with Crippen LogP contribution in [0.4, 0.5) is 5.69 Å². The fourth-order valence-electron chi connectivity index (χ4n) is 1.73. The second-order valence-corrected chi connectivity index (χ2v) is 5.09. The van der Waals surface area contributed by atoms with Crippen LogP contribution >= 0.6 is 0 Å². The van der Waals surface area contributed by atoms with Crippen molar-refractivity contribution in [2.45, 2.75) is 13.8 Å². The van der Waals surface area contributed by atoms with Gasteiger partial charge in [-0.05, 0) is 33.2 Å². The van der Waals surface area contributed by atoms with Crippen LogP contribution in [-0.4, -0.2) is 50.4 Å². The van der Waals surface area contributed by atoms with E-state index in [1.54, 1.807) is 0 Å². The number of hydrogen-bond donors (Lipinski definition) is 1. The van der Waals surface area contributed by atoms with Crippen LogP contribution < -0.4 is 10.2 Å². The highest BCUT2D eigenvalue weighted by Crippen LogP contribution is 2.14. The van der Waals surface area contributed by atoms with Gasteiger partial charge in [-0.2, -0.15) is 0 Å². The van der Waals surface area contributed by atoms with Gasteiger partial charge in [-0.25, -0.2) is 0 Å². The summed E-state index contributed by atoms with van der Waals surface area (Å²) in [6.45, 7) is 4.84. The monoisotopic (exact) mass is 277 g/mol. The van der Waals surface area contributed by atoms with Crippen LogP contribution in [0.25, 0.3) is 0 Å². The minimum Gasteiger partial charge on any atom is -0.353 e. The van der Waals surface area contributed by atoms with Gasteiger partial charge < -0.3 is 15.1 Å². The molecule has 5 nitrogen and oxygen atoms in total. The third-order valence-corrected chi connectivity index (χ3v) is 2.91. The molecule has 1 aromatic rings. The van der Waals surface area contributed by atoms with Crippen LogP contribution in [0.15, 0.2) is 24.3 Å². The molecule has 1 rings (SSSR count). The molecule has 5 heteroatoms. The quantitative estimate of drug-likeness (QED) is 0.845. The van der Waals surface area contributed by atoms with Crippen molar-refractivity contribution in [1.82, 2.24) is 10.2 Å². The third-order valence-electron chi connectivity index (χ3n) is 2.91. The van der Waals surface area contributed by atoms with Gasteiger partial charge >= 0.3 is 0 Å². The Bertz CT molecular complexity index is 455. The van der Waals surface area contributed by atoms with Gasteiger partial charge in [0.25, 0.3) is 0 Å². The molecule has 0 saturated carbocycles. The number of carbonyl (C=O) groups is 2. The van der Waals surface area contributed by atoms with Gasteiger partial charge in [-0.3, -0.25) is 9.59 Å². The number of likely N-dealkylation sites (N-methyl/N-ethyl adjacent to an activating group) is 1. The van der Waals surface area contributed by atoms with Gasteiger partial charge in [0.1, 0.15) is 6.54 Å². The smallest absolute Gasteiger partial charge is 0.240 e. The van der Waals surface area contributed by atoms with Crippen LogP contribution in [0.5, 0.6) is 0 Å². The standard InChI is InChI=1S/C15H23N3O2/c1-12-5-7-14(8-6-12)18(13(2)19)11-15(20)16-9-10-17(3)4/h5-8H,9-11H2,1-4H3,(H,16,20). The summed E-state index contributed by atoms with van der Waals surface area (Å²) in [6, 6.07) is 7.55. The van der Waals surface area contributed by atoms with Gasteiger partial charge in [0.15, 0.2) is 0 Å². The lowest BCUT2D eigenvalue weighted by Crippen LogP contribution is -2.41. The molecule has 1 aromatic carbocycles. The van der Waals surface area contributed by atoms with E-state index in [0.717, 1.165) is 17.8 Å². The molecule has 0 spiro atoms. The van der Waals surface area contributed by atoms with Crippen LogP contribution in [0.3, 0.4) is 0 Å². The maximum Gasteiger partial charge on any atom is 0.240 e. The summed E-state index contributed by atoms with van der Waals surface area (Å²) >= 11 is 0. The summed E-state index contributed by atoms with van der Waals surface area (Å²) in [6.07, 6.45) is 0. The second-order valence-electron chi connectivity index (χ2n) is 5.09. The fourth-order valence-corrected chi connectivity index (χ4v) is 1.73. The first-order valence-corrected chi connectivity index (χ1v) is 6.66. The molecule has 2 amide bonds. The maximum atomic E-state index is 11.9. The average molecular weight is 277 g/mol. The highest BCUT2D eigenvalue weighted by molar-refractivity contribution is 5.97. The molecule has 1 N–H and O–H groups in total. The van der Waals surface area contributed by atoms with Crippen LogP contribution in [0.2, 0.25) is 0 Å². The van der Waals surface area contributed by atoms with E-state index in [9.17, 15) is 9.59 Å². The number of rotatable bonds is 6. The minimum atomic E-state index is -0.150. The van der Waals surface area contributed by atoms with E-state index in [2.05, 4.69) is 5.32 Å². The van der Waals surface area contributed by atoms with Crippen LogP contribution in [0, 0.1) is 6.92 Å². The highest BCUT2D eigenvalue weighted by Gasteiger charge is 2.15. The number of carbonyl (C=O) groups excluding carboxylic acids is 2. The number of nitrogens with one attached hydrogen (secondary N) is 1. The number of nitrogens with zero attached hydrogens (tertiary/aromatic N) is 2. The largest absolute Gasteiger partial charge is 0.353 e. The molecule has 20 heavy (non-hydrogen) atoms. The highest BCUT2D eigenvalue weighted by atomic mass is 16.2. The predicted molar refractivity (Wildman–Crippen MR) is 80.8 cm³/mol. The Morgan fingerprint density at radius 3 is 2.25 bits per heavy atom. The molecular formula is C15H23N3O2. The van der Waals surface area contributed by atoms with Crippen molar-refractivity contribution in [3.05, 3.63) is 29.8 Å². The van der Waals surface area contributed by atoms with E-state index in [1.807, 2.05) is 50.2 Å². The lowest BCUT2D eigenvalue weighted by Gasteiger charge is -2.21. The van der Waals surface area contributed by atoms with Crippen molar-refractivity contribution in [2.75, 3.05) is 38.6 Å². The number of amides is 2. The lowest BCUT2D eigenvalue weighted by molar-refractivity contribution is -0.123.